The van der Waals surface area contributed by atoms with Crippen molar-refractivity contribution in [3.05, 3.63) is 12.2 Å². The molecule has 0 aliphatic rings. The van der Waals surface area contributed by atoms with E-state index in [1.165, 1.54) is 4.31 Å². The molecule has 0 aromatic carbocycles. The number of sulfonamides is 1. The standard InChI is InChI=1S/C10H22N2O2S/c1-10(2)9-12(4)15(13,14)8-6-5-7-11-3/h11H,1,5-9H2,2-4H3. The molecule has 15 heavy (non-hydrogen) atoms. The maximum Gasteiger partial charge on any atom is 0.214 e. The summed E-state index contributed by atoms with van der Waals surface area (Å²) in [6.45, 7) is 6.80. The molecule has 0 saturated carbocycles. The molecule has 0 aromatic rings. The van der Waals surface area contributed by atoms with Crippen LogP contribution < -0.4 is 5.32 Å². The number of hydrogen-bond donors (Lipinski definition) is 1. The van der Waals surface area contributed by atoms with Crippen LogP contribution in [0.3, 0.4) is 0 Å². The van der Waals surface area contributed by atoms with E-state index >= 15 is 0 Å². The Morgan fingerprint density at radius 3 is 2.47 bits per heavy atom. The van der Waals surface area contributed by atoms with Crippen molar-refractivity contribution in [3.8, 4) is 0 Å². The van der Waals surface area contributed by atoms with E-state index in [1.807, 2.05) is 14.0 Å². The quantitative estimate of drug-likeness (QED) is 0.500. The molecule has 0 amide bonds. The van der Waals surface area contributed by atoms with Gasteiger partial charge in [-0.15, -0.1) is 0 Å². The number of nitrogens with zero attached hydrogens (tertiary/aromatic N) is 1. The van der Waals surface area contributed by atoms with Crippen molar-refractivity contribution < 1.29 is 8.42 Å². The van der Waals surface area contributed by atoms with Gasteiger partial charge in [-0.25, -0.2) is 12.7 Å². The Bertz CT molecular complexity index is 286. The topological polar surface area (TPSA) is 49.4 Å². The first-order valence-electron chi connectivity index (χ1n) is 5.13. The van der Waals surface area contributed by atoms with Crippen molar-refractivity contribution in [1.82, 2.24) is 9.62 Å². The van der Waals surface area contributed by atoms with Gasteiger partial charge in [0.15, 0.2) is 0 Å². The molecule has 0 aliphatic heterocycles. The first-order valence-corrected chi connectivity index (χ1v) is 6.74. The van der Waals surface area contributed by atoms with E-state index in [-0.39, 0.29) is 5.75 Å². The van der Waals surface area contributed by atoms with E-state index < -0.39 is 10.0 Å². The molecule has 0 rings (SSSR count). The molecule has 0 radical (unpaired) electrons. The summed E-state index contributed by atoms with van der Waals surface area (Å²) in [4.78, 5) is 0. The molecule has 0 atom stereocenters. The van der Waals surface area contributed by atoms with Crippen LogP contribution in [-0.2, 0) is 10.0 Å². The highest BCUT2D eigenvalue weighted by Gasteiger charge is 2.16. The van der Waals surface area contributed by atoms with E-state index in [1.54, 1.807) is 7.05 Å². The van der Waals surface area contributed by atoms with Crippen LogP contribution in [0.25, 0.3) is 0 Å². The van der Waals surface area contributed by atoms with Crippen molar-refractivity contribution in [3.63, 3.8) is 0 Å². The molecule has 0 saturated heterocycles. The van der Waals surface area contributed by atoms with Gasteiger partial charge in [0.25, 0.3) is 0 Å². The molecule has 5 heteroatoms. The molecule has 0 aliphatic carbocycles. The molecule has 4 nitrogen and oxygen atoms in total. The predicted molar refractivity (Wildman–Crippen MR) is 64.4 cm³/mol. The lowest BCUT2D eigenvalue weighted by Crippen LogP contribution is -2.30. The van der Waals surface area contributed by atoms with Gasteiger partial charge >= 0.3 is 0 Å². The van der Waals surface area contributed by atoms with Crippen LogP contribution in [0, 0.1) is 0 Å². The highest BCUT2D eigenvalue weighted by molar-refractivity contribution is 7.89. The molecule has 1 N–H and O–H groups in total. The van der Waals surface area contributed by atoms with Crippen molar-refractivity contribution in [1.29, 1.82) is 0 Å². The Balaban J connectivity index is 4.00. The van der Waals surface area contributed by atoms with Gasteiger partial charge in [-0.1, -0.05) is 12.2 Å². The third-order valence-corrected chi connectivity index (χ3v) is 3.93. The van der Waals surface area contributed by atoms with Gasteiger partial charge in [-0.3, -0.25) is 0 Å². The highest BCUT2D eigenvalue weighted by atomic mass is 32.2. The van der Waals surface area contributed by atoms with Gasteiger partial charge in [-0.2, -0.15) is 0 Å². The summed E-state index contributed by atoms with van der Waals surface area (Å²) in [6, 6.07) is 0. The summed E-state index contributed by atoms with van der Waals surface area (Å²) in [5.74, 6) is 0.221. The van der Waals surface area contributed by atoms with Gasteiger partial charge in [-0.05, 0) is 33.4 Å². The number of unbranched alkanes of at least 4 members (excludes halogenated alkanes) is 1. The molecule has 0 fully saturated rings. The van der Waals surface area contributed by atoms with Crippen molar-refractivity contribution >= 4 is 10.0 Å². The molecular formula is C10H22N2O2S. The van der Waals surface area contributed by atoms with Crippen LogP contribution in [-0.4, -0.2) is 45.7 Å². The summed E-state index contributed by atoms with van der Waals surface area (Å²) >= 11 is 0. The summed E-state index contributed by atoms with van der Waals surface area (Å²) < 4.78 is 24.8. The fraction of sp³-hybridized carbons (Fsp3) is 0.800. The zero-order chi connectivity index (χ0) is 11.9. The van der Waals surface area contributed by atoms with Gasteiger partial charge in [0.05, 0.1) is 5.75 Å². The fourth-order valence-electron chi connectivity index (χ4n) is 1.22. The Morgan fingerprint density at radius 1 is 1.40 bits per heavy atom. The first-order chi connectivity index (χ1) is 6.90. The lowest BCUT2D eigenvalue weighted by atomic mass is 10.3. The van der Waals surface area contributed by atoms with E-state index in [2.05, 4.69) is 11.9 Å². The minimum absolute atomic E-state index is 0.221. The molecule has 90 valence electrons. The zero-order valence-corrected chi connectivity index (χ0v) is 10.7. The van der Waals surface area contributed by atoms with E-state index in [9.17, 15) is 8.42 Å². The minimum atomic E-state index is -3.09. The Labute approximate surface area is 93.4 Å². The maximum atomic E-state index is 11.7. The lowest BCUT2D eigenvalue weighted by Gasteiger charge is -2.16. The average molecular weight is 234 g/mol. The number of nitrogens with one attached hydrogen (secondary N) is 1. The smallest absolute Gasteiger partial charge is 0.214 e. The second kappa shape index (κ2) is 6.98. The molecule has 0 bridgehead atoms. The van der Waals surface area contributed by atoms with Gasteiger partial charge in [0.2, 0.25) is 10.0 Å². The summed E-state index contributed by atoms with van der Waals surface area (Å²) in [5.41, 5.74) is 0.858. The SMILES string of the molecule is C=C(C)CN(C)S(=O)(=O)CCCCNC. The van der Waals surface area contributed by atoms with E-state index in [4.69, 9.17) is 0 Å². The normalized spacial score (nSPS) is 12.0. The third kappa shape index (κ3) is 6.65. The molecule has 0 aromatic heterocycles. The van der Waals surface area contributed by atoms with Gasteiger partial charge < -0.3 is 5.32 Å². The van der Waals surface area contributed by atoms with Crippen LogP contribution in [0.5, 0.6) is 0 Å². The highest BCUT2D eigenvalue weighted by Crippen LogP contribution is 2.04. The zero-order valence-electron chi connectivity index (χ0n) is 9.91. The van der Waals surface area contributed by atoms with Crippen LogP contribution in [0.2, 0.25) is 0 Å². The molecule has 0 heterocycles. The minimum Gasteiger partial charge on any atom is -0.320 e. The summed E-state index contributed by atoms with van der Waals surface area (Å²) in [7, 11) is 0.371. The van der Waals surface area contributed by atoms with Crippen LogP contribution in [0.4, 0.5) is 0 Å². The summed E-state index contributed by atoms with van der Waals surface area (Å²) in [5, 5.41) is 2.99. The maximum absolute atomic E-state index is 11.7. The Morgan fingerprint density at radius 2 is 2.00 bits per heavy atom. The Kier molecular flexibility index (Phi) is 6.80. The van der Waals surface area contributed by atoms with Crippen molar-refractivity contribution in [2.75, 3.05) is 32.9 Å². The Hall–Kier alpha value is -0.390. The second-order valence-electron chi connectivity index (χ2n) is 3.84. The third-order valence-electron chi connectivity index (χ3n) is 2.05. The lowest BCUT2D eigenvalue weighted by molar-refractivity contribution is 0.490. The van der Waals surface area contributed by atoms with Crippen LogP contribution >= 0.6 is 0 Å². The molecule has 0 unspecified atom stereocenters. The number of likely N-dealkylation sites (N-methyl/N-ethyl adjacent to an activating group) is 1. The van der Waals surface area contributed by atoms with Gasteiger partial charge in [0.1, 0.15) is 0 Å². The van der Waals surface area contributed by atoms with Crippen molar-refractivity contribution in [2.45, 2.75) is 19.8 Å². The predicted octanol–water partition coefficient (Wildman–Crippen LogP) is 0.824. The van der Waals surface area contributed by atoms with E-state index in [0.717, 1.165) is 18.5 Å². The summed E-state index contributed by atoms with van der Waals surface area (Å²) in [6.07, 6.45) is 1.58. The number of hydrogen-bond acceptors (Lipinski definition) is 3. The molecular weight excluding hydrogens is 212 g/mol. The molecule has 0 spiro atoms. The first kappa shape index (κ1) is 14.6. The second-order valence-corrected chi connectivity index (χ2v) is 6.04. The monoisotopic (exact) mass is 234 g/mol. The number of rotatable bonds is 8. The van der Waals surface area contributed by atoms with Crippen LogP contribution in [0.1, 0.15) is 19.8 Å². The van der Waals surface area contributed by atoms with Gasteiger partial charge in [0, 0.05) is 13.6 Å². The largest absolute Gasteiger partial charge is 0.320 e. The van der Waals surface area contributed by atoms with Crippen molar-refractivity contribution in [2.24, 2.45) is 0 Å². The van der Waals surface area contributed by atoms with E-state index in [0.29, 0.717) is 13.0 Å². The fourth-order valence-corrected chi connectivity index (χ4v) is 2.52. The van der Waals surface area contributed by atoms with Crippen LogP contribution in [0.15, 0.2) is 12.2 Å². The average Bonchev–Trinajstić information content (AvgIpc) is 2.11.